The topological polar surface area (TPSA) is 65.2 Å². The van der Waals surface area contributed by atoms with Gasteiger partial charge in [0.2, 0.25) is 0 Å². The van der Waals surface area contributed by atoms with Crippen LogP contribution in [-0.4, -0.2) is 22.8 Å². The van der Waals surface area contributed by atoms with Crippen molar-refractivity contribution < 1.29 is 18.3 Å². The third kappa shape index (κ3) is 3.62. The molecule has 0 atom stereocenters. The van der Waals surface area contributed by atoms with Crippen LogP contribution in [0.1, 0.15) is 22.2 Å². The summed E-state index contributed by atoms with van der Waals surface area (Å²) in [5.74, 6) is -0.0427. The van der Waals surface area contributed by atoms with Crippen molar-refractivity contribution >= 4 is 50.5 Å². The fourth-order valence-corrected chi connectivity index (χ4v) is 5.23. The van der Waals surface area contributed by atoms with Crippen molar-refractivity contribution in [3.8, 4) is 10.8 Å². The zero-order valence-corrected chi connectivity index (χ0v) is 16.5. The Kier molecular flexibility index (Phi) is 5.24. The number of thiophene rings is 2. The van der Waals surface area contributed by atoms with Gasteiger partial charge in [0.15, 0.2) is 0 Å². The van der Waals surface area contributed by atoms with Crippen LogP contribution in [0.4, 0.5) is 4.39 Å². The van der Waals surface area contributed by atoms with E-state index >= 15 is 0 Å². The van der Waals surface area contributed by atoms with Gasteiger partial charge in [0.25, 0.3) is 11.1 Å². The molecular weight excluding hydrogens is 407 g/mol. The van der Waals surface area contributed by atoms with E-state index in [1.165, 1.54) is 40.5 Å². The normalized spacial score (nSPS) is 11.2. The first-order valence-corrected chi connectivity index (χ1v) is 10.7. The molecule has 4 rings (SSSR count). The van der Waals surface area contributed by atoms with E-state index in [2.05, 4.69) is 10.2 Å². The second kappa shape index (κ2) is 7.79. The second-order valence-electron chi connectivity index (χ2n) is 5.38. The predicted molar refractivity (Wildman–Crippen MR) is 105 cm³/mol. The Labute approximate surface area is 166 Å². The smallest absolute Gasteiger partial charge is 0.348 e. The quantitative estimate of drug-likeness (QED) is 0.298. The number of esters is 1. The second-order valence-corrected chi connectivity index (χ2v) is 8.31. The Morgan fingerprint density at radius 3 is 2.96 bits per heavy atom. The summed E-state index contributed by atoms with van der Waals surface area (Å²) in [7, 11) is 0. The molecule has 3 aromatic heterocycles. The lowest BCUT2D eigenvalue weighted by Crippen LogP contribution is -2.05. The Morgan fingerprint density at radius 1 is 1.30 bits per heavy atom. The molecule has 0 N–H and O–H groups in total. The number of rotatable bonds is 6. The molecule has 1 aromatic carbocycles. The first-order chi connectivity index (χ1) is 13.2. The molecule has 0 saturated heterocycles. The van der Waals surface area contributed by atoms with Gasteiger partial charge in [0, 0.05) is 15.8 Å². The number of thioether (sulfide) groups is 1. The summed E-state index contributed by atoms with van der Waals surface area (Å²) in [4.78, 5) is 13.6. The molecular formula is C18H13FN2O3S3. The minimum absolute atomic E-state index is 0.260. The van der Waals surface area contributed by atoms with Crippen LogP contribution in [0.15, 0.2) is 45.4 Å². The average Bonchev–Trinajstić information content (AvgIpc) is 3.39. The van der Waals surface area contributed by atoms with Gasteiger partial charge < -0.3 is 9.15 Å². The molecule has 0 spiro atoms. The predicted octanol–water partition coefficient (Wildman–Crippen LogP) is 5.62. The van der Waals surface area contributed by atoms with Crippen LogP contribution < -0.4 is 0 Å². The van der Waals surface area contributed by atoms with Gasteiger partial charge in [-0.2, -0.15) is 0 Å². The maximum absolute atomic E-state index is 14.4. The number of benzene rings is 1. The fraction of sp³-hybridized carbons (Fsp3) is 0.167. The third-order valence-corrected chi connectivity index (χ3v) is 6.58. The molecule has 9 heteroatoms. The highest BCUT2D eigenvalue weighted by Crippen LogP contribution is 2.37. The van der Waals surface area contributed by atoms with E-state index < -0.39 is 5.97 Å². The van der Waals surface area contributed by atoms with Crippen molar-refractivity contribution in [2.24, 2.45) is 0 Å². The number of ether oxygens (including phenoxy) is 1. The lowest BCUT2D eigenvalue weighted by atomic mass is 10.1. The average molecular weight is 421 g/mol. The summed E-state index contributed by atoms with van der Waals surface area (Å²) in [5.41, 5.74) is 0.590. The Hall–Kier alpha value is -2.23. The summed E-state index contributed by atoms with van der Waals surface area (Å²) in [6.45, 7) is 2.00. The number of halogens is 1. The summed E-state index contributed by atoms with van der Waals surface area (Å²) in [6.07, 6.45) is 0. The first-order valence-electron chi connectivity index (χ1n) is 8.04. The number of aromatic nitrogens is 2. The van der Waals surface area contributed by atoms with Gasteiger partial charge in [-0.1, -0.05) is 23.9 Å². The maximum Gasteiger partial charge on any atom is 0.348 e. The highest BCUT2D eigenvalue weighted by molar-refractivity contribution is 7.98. The molecule has 0 bridgehead atoms. The van der Waals surface area contributed by atoms with Crippen molar-refractivity contribution in [2.75, 3.05) is 6.61 Å². The monoisotopic (exact) mass is 420 g/mol. The number of hydrogen-bond acceptors (Lipinski definition) is 8. The third-order valence-electron chi connectivity index (χ3n) is 3.70. The minimum atomic E-state index is -0.446. The Morgan fingerprint density at radius 2 is 2.19 bits per heavy atom. The molecule has 3 heterocycles. The van der Waals surface area contributed by atoms with E-state index in [0.29, 0.717) is 37.4 Å². The molecule has 0 aliphatic rings. The number of fused-ring (bicyclic) bond motifs is 1. The maximum atomic E-state index is 14.4. The van der Waals surface area contributed by atoms with E-state index in [4.69, 9.17) is 9.15 Å². The highest BCUT2D eigenvalue weighted by Gasteiger charge is 2.22. The highest BCUT2D eigenvalue weighted by atomic mass is 32.2. The molecule has 0 aliphatic heterocycles. The largest absolute Gasteiger partial charge is 0.462 e. The van der Waals surface area contributed by atoms with Gasteiger partial charge in [0.1, 0.15) is 10.7 Å². The van der Waals surface area contributed by atoms with Gasteiger partial charge in [0.05, 0.1) is 11.5 Å². The Bertz CT molecular complexity index is 1090. The van der Waals surface area contributed by atoms with Crippen molar-refractivity contribution in [1.29, 1.82) is 0 Å². The lowest BCUT2D eigenvalue weighted by molar-refractivity contribution is 0.0531. The summed E-state index contributed by atoms with van der Waals surface area (Å²) in [5, 5.41) is 10.8. The number of nitrogens with zero attached hydrogens (tertiary/aromatic N) is 2. The van der Waals surface area contributed by atoms with E-state index in [1.54, 1.807) is 19.1 Å². The molecule has 0 amide bonds. The minimum Gasteiger partial charge on any atom is -0.462 e. The molecule has 0 fully saturated rings. The van der Waals surface area contributed by atoms with Gasteiger partial charge >= 0.3 is 5.97 Å². The van der Waals surface area contributed by atoms with Gasteiger partial charge in [-0.05, 0) is 36.1 Å². The van der Waals surface area contributed by atoms with E-state index in [9.17, 15) is 9.18 Å². The van der Waals surface area contributed by atoms with Crippen molar-refractivity contribution in [3.63, 3.8) is 0 Å². The number of carbonyl (C=O) groups excluding carboxylic acids is 1. The van der Waals surface area contributed by atoms with Gasteiger partial charge in [-0.25, -0.2) is 9.18 Å². The lowest BCUT2D eigenvalue weighted by Gasteiger charge is -2.03. The van der Waals surface area contributed by atoms with Crippen molar-refractivity contribution in [2.45, 2.75) is 17.9 Å². The summed E-state index contributed by atoms with van der Waals surface area (Å²) in [6, 6.07) is 8.61. The fourth-order valence-electron chi connectivity index (χ4n) is 2.57. The summed E-state index contributed by atoms with van der Waals surface area (Å²) >= 11 is 4.00. The summed E-state index contributed by atoms with van der Waals surface area (Å²) < 4.78 is 25.9. The van der Waals surface area contributed by atoms with Crippen LogP contribution in [0.2, 0.25) is 0 Å². The molecule has 0 unspecified atom stereocenters. The van der Waals surface area contributed by atoms with E-state index in [0.717, 1.165) is 4.88 Å². The van der Waals surface area contributed by atoms with Crippen molar-refractivity contribution in [1.82, 2.24) is 10.2 Å². The molecule has 27 heavy (non-hydrogen) atoms. The Balaban J connectivity index is 1.64. The van der Waals surface area contributed by atoms with Gasteiger partial charge in [-0.3, -0.25) is 0 Å². The molecule has 138 valence electrons. The number of hydrogen-bond donors (Lipinski definition) is 0. The van der Waals surface area contributed by atoms with E-state index in [-0.39, 0.29) is 12.4 Å². The molecule has 4 aromatic rings. The van der Waals surface area contributed by atoms with Crippen molar-refractivity contribution in [3.05, 3.63) is 52.0 Å². The van der Waals surface area contributed by atoms with Crippen LogP contribution in [0, 0.1) is 5.82 Å². The van der Waals surface area contributed by atoms with E-state index in [1.807, 2.05) is 17.5 Å². The zero-order chi connectivity index (χ0) is 18.8. The van der Waals surface area contributed by atoms with Crippen LogP contribution >= 0.6 is 34.4 Å². The molecule has 0 radical (unpaired) electrons. The standard InChI is InChI=1S/C18H13FN2O3S3/c1-2-23-17(22)15-10(14-11(19)5-3-6-12(14)27-15)9-26-18-21-20-16(24-18)13-7-4-8-25-13/h3-8H,2,9H2,1H3. The van der Waals surface area contributed by atoms with Crippen LogP contribution in [0.3, 0.4) is 0 Å². The van der Waals surface area contributed by atoms with Crippen LogP contribution in [0.25, 0.3) is 20.9 Å². The van der Waals surface area contributed by atoms with Crippen LogP contribution in [0.5, 0.6) is 0 Å². The molecule has 0 aliphatic carbocycles. The zero-order valence-electron chi connectivity index (χ0n) is 14.1. The molecule has 0 saturated carbocycles. The number of carbonyl (C=O) groups is 1. The first kappa shape index (κ1) is 18.1. The van der Waals surface area contributed by atoms with Gasteiger partial charge in [-0.15, -0.1) is 32.9 Å². The SMILES string of the molecule is CCOC(=O)c1sc2cccc(F)c2c1CSc1nnc(-c2cccs2)o1. The van der Waals surface area contributed by atoms with Crippen LogP contribution in [-0.2, 0) is 10.5 Å². The molecule has 5 nitrogen and oxygen atoms in total.